The zero-order valence-electron chi connectivity index (χ0n) is 13.6. The molecule has 0 aliphatic carbocycles. The van der Waals surface area contributed by atoms with Crippen LogP contribution in [0.2, 0.25) is 0 Å². The van der Waals surface area contributed by atoms with E-state index < -0.39 is 5.92 Å². The monoisotopic (exact) mass is 338 g/mol. The number of hydrogen-bond acceptors (Lipinski definition) is 5. The molecule has 3 atom stereocenters. The molecule has 0 radical (unpaired) electrons. The molecule has 3 heterocycles. The molecule has 2 amide bonds. The number of para-hydroxylation sites is 1. The summed E-state index contributed by atoms with van der Waals surface area (Å²) in [5.74, 6) is -0.662. The van der Waals surface area contributed by atoms with E-state index in [1.54, 1.807) is 0 Å². The molecule has 0 saturated carbocycles. The number of fused-ring (bicyclic) bond motifs is 2. The van der Waals surface area contributed by atoms with Gasteiger partial charge in [-0.25, -0.2) is 0 Å². The van der Waals surface area contributed by atoms with Gasteiger partial charge < -0.3 is 14.7 Å². The molecule has 25 heavy (non-hydrogen) atoms. The van der Waals surface area contributed by atoms with Crippen LogP contribution in [0.1, 0.15) is 18.5 Å². The molecule has 0 spiro atoms. The minimum atomic E-state index is -0.615. The zero-order valence-corrected chi connectivity index (χ0v) is 13.6. The van der Waals surface area contributed by atoms with E-state index in [2.05, 4.69) is 10.5 Å². The van der Waals surface area contributed by atoms with Crippen molar-refractivity contribution in [3.63, 3.8) is 0 Å². The zero-order chi connectivity index (χ0) is 17.4. The molecular formula is C18H18N4O3. The fraction of sp³-hybridized carbons (Fsp3) is 0.444. The number of amides is 2. The number of rotatable bonds is 2. The van der Waals surface area contributed by atoms with E-state index in [1.165, 1.54) is 0 Å². The first-order valence-electron chi connectivity index (χ1n) is 8.47. The van der Waals surface area contributed by atoms with E-state index in [-0.39, 0.29) is 30.2 Å². The summed E-state index contributed by atoms with van der Waals surface area (Å²) >= 11 is 0. The number of likely N-dealkylation sites (tertiary alicyclic amines) is 1. The lowest BCUT2D eigenvalue weighted by molar-refractivity contribution is -0.135. The molecular weight excluding hydrogens is 320 g/mol. The fourth-order valence-electron chi connectivity index (χ4n) is 3.81. The van der Waals surface area contributed by atoms with Crippen LogP contribution in [0.4, 0.5) is 0 Å². The van der Waals surface area contributed by atoms with Crippen molar-refractivity contribution in [2.75, 3.05) is 13.1 Å². The summed E-state index contributed by atoms with van der Waals surface area (Å²) in [5.41, 5.74) is 1.32. The van der Waals surface area contributed by atoms with Crippen LogP contribution in [0.5, 0.6) is 0 Å². The molecule has 2 saturated heterocycles. The second-order valence-corrected chi connectivity index (χ2v) is 6.72. The van der Waals surface area contributed by atoms with Crippen molar-refractivity contribution >= 4 is 22.8 Å². The van der Waals surface area contributed by atoms with E-state index in [9.17, 15) is 9.59 Å². The summed E-state index contributed by atoms with van der Waals surface area (Å²) < 4.78 is 5.26. The van der Waals surface area contributed by atoms with Crippen molar-refractivity contribution in [1.29, 1.82) is 5.26 Å². The Kier molecular flexibility index (Phi) is 3.88. The minimum Gasteiger partial charge on any atom is -0.356 e. The predicted octanol–water partition coefficient (Wildman–Crippen LogP) is 1.25. The topological polar surface area (TPSA) is 99.2 Å². The van der Waals surface area contributed by atoms with Gasteiger partial charge in [0.1, 0.15) is 11.6 Å². The van der Waals surface area contributed by atoms with Gasteiger partial charge in [0.2, 0.25) is 11.8 Å². The molecule has 2 fully saturated rings. The largest absolute Gasteiger partial charge is 0.356 e. The first-order chi connectivity index (χ1) is 12.2. The number of piperidine rings is 2. The van der Waals surface area contributed by atoms with Crippen LogP contribution in [0.3, 0.4) is 0 Å². The van der Waals surface area contributed by atoms with Crippen molar-refractivity contribution < 1.29 is 14.1 Å². The summed E-state index contributed by atoms with van der Waals surface area (Å²) in [6.45, 7) is 1.17. The van der Waals surface area contributed by atoms with Gasteiger partial charge in [0.15, 0.2) is 5.58 Å². The first-order valence-corrected chi connectivity index (χ1v) is 8.47. The van der Waals surface area contributed by atoms with Gasteiger partial charge in [0.25, 0.3) is 0 Å². The third kappa shape index (κ3) is 2.84. The standard InChI is InChI=1S/C18H18N4O3/c19-9-11-7-12-10-22(6-5-14(12)20-18(11)24)17(23)8-15-13-3-1-2-4-16(13)25-21-15/h1-4,11-12,14H,5-8,10H2,(H,20,24). The van der Waals surface area contributed by atoms with Gasteiger partial charge in [0.05, 0.1) is 12.5 Å². The molecule has 1 aromatic heterocycles. The van der Waals surface area contributed by atoms with Crippen molar-refractivity contribution in [2.45, 2.75) is 25.3 Å². The molecule has 2 aliphatic heterocycles. The third-order valence-electron chi connectivity index (χ3n) is 5.20. The Hall–Kier alpha value is -2.88. The number of benzene rings is 1. The van der Waals surface area contributed by atoms with Crippen molar-refractivity contribution in [1.82, 2.24) is 15.4 Å². The number of nitriles is 1. The van der Waals surface area contributed by atoms with Gasteiger partial charge in [-0.3, -0.25) is 9.59 Å². The van der Waals surface area contributed by atoms with E-state index >= 15 is 0 Å². The van der Waals surface area contributed by atoms with Crippen LogP contribution >= 0.6 is 0 Å². The molecule has 4 rings (SSSR count). The fourth-order valence-corrected chi connectivity index (χ4v) is 3.81. The number of nitrogens with one attached hydrogen (secondary N) is 1. The number of carbonyl (C=O) groups is 2. The number of carbonyl (C=O) groups excluding carboxylic acids is 2. The highest BCUT2D eigenvalue weighted by molar-refractivity contribution is 5.86. The minimum absolute atomic E-state index is 0.00270. The van der Waals surface area contributed by atoms with E-state index in [0.717, 1.165) is 11.8 Å². The molecule has 1 N–H and O–H groups in total. The number of aromatic nitrogens is 1. The maximum atomic E-state index is 12.7. The summed E-state index contributed by atoms with van der Waals surface area (Å²) in [7, 11) is 0. The van der Waals surface area contributed by atoms with E-state index in [4.69, 9.17) is 9.78 Å². The van der Waals surface area contributed by atoms with E-state index in [1.807, 2.05) is 35.2 Å². The average Bonchev–Trinajstić information content (AvgIpc) is 3.04. The van der Waals surface area contributed by atoms with Crippen LogP contribution in [0, 0.1) is 23.2 Å². The van der Waals surface area contributed by atoms with Crippen LogP contribution in [0.25, 0.3) is 11.0 Å². The lowest BCUT2D eigenvalue weighted by atomic mass is 9.80. The summed E-state index contributed by atoms with van der Waals surface area (Å²) in [6, 6.07) is 9.60. The first kappa shape index (κ1) is 15.6. The Morgan fingerprint density at radius 1 is 1.44 bits per heavy atom. The molecule has 128 valence electrons. The lowest BCUT2D eigenvalue weighted by Gasteiger charge is -2.42. The van der Waals surface area contributed by atoms with Crippen LogP contribution < -0.4 is 5.32 Å². The molecule has 3 unspecified atom stereocenters. The smallest absolute Gasteiger partial charge is 0.237 e. The summed E-state index contributed by atoms with van der Waals surface area (Å²) in [4.78, 5) is 26.3. The van der Waals surface area contributed by atoms with Gasteiger partial charge >= 0.3 is 0 Å². The Bertz CT molecular complexity index is 869. The van der Waals surface area contributed by atoms with Crippen molar-refractivity contribution in [3.05, 3.63) is 30.0 Å². The highest BCUT2D eigenvalue weighted by atomic mass is 16.5. The summed E-state index contributed by atoms with van der Waals surface area (Å²) in [6.07, 6.45) is 1.44. The molecule has 2 aliphatic rings. The van der Waals surface area contributed by atoms with Gasteiger partial charge in [0, 0.05) is 24.5 Å². The normalized spacial score (nSPS) is 26.0. The molecule has 2 aromatic rings. The van der Waals surface area contributed by atoms with Crippen LogP contribution in [-0.4, -0.2) is 41.0 Å². The summed E-state index contributed by atoms with van der Waals surface area (Å²) in [5, 5.41) is 16.9. The molecule has 7 nitrogen and oxygen atoms in total. The lowest BCUT2D eigenvalue weighted by Crippen LogP contribution is -2.57. The van der Waals surface area contributed by atoms with Crippen LogP contribution in [0.15, 0.2) is 28.8 Å². The van der Waals surface area contributed by atoms with Gasteiger partial charge in [-0.15, -0.1) is 0 Å². The van der Waals surface area contributed by atoms with Crippen molar-refractivity contribution in [3.8, 4) is 6.07 Å². The number of nitrogens with zero attached hydrogens (tertiary/aromatic N) is 3. The Balaban J connectivity index is 1.45. The predicted molar refractivity (Wildman–Crippen MR) is 88.1 cm³/mol. The maximum Gasteiger partial charge on any atom is 0.237 e. The Morgan fingerprint density at radius 3 is 3.12 bits per heavy atom. The second-order valence-electron chi connectivity index (χ2n) is 6.72. The third-order valence-corrected chi connectivity index (χ3v) is 5.20. The van der Waals surface area contributed by atoms with E-state index in [0.29, 0.717) is 30.8 Å². The SMILES string of the molecule is N#CC1CC2CN(C(=O)Cc3noc4ccccc34)CCC2NC1=O. The van der Waals surface area contributed by atoms with Crippen LogP contribution in [-0.2, 0) is 16.0 Å². The van der Waals surface area contributed by atoms with Gasteiger partial charge in [-0.05, 0) is 30.9 Å². The quantitative estimate of drug-likeness (QED) is 0.888. The Morgan fingerprint density at radius 2 is 2.28 bits per heavy atom. The second kappa shape index (κ2) is 6.20. The number of hydrogen-bond donors (Lipinski definition) is 1. The highest BCUT2D eigenvalue weighted by Crippen LogP contribution is 2.29. The van der Waals surface area contributed by atoms with Crippen molar-refractivity contribution in [2.24, 2.45) is 11.8 Å². The maximum absolute atomic E-state index is 12.7. The molecule has 7 heteroatoms. The average molecular weight is 338 g/mol. The molecule has 0 bridgehead atoms. The van der Waals surface area contributed by atoms with Gasteiger partial charge in [-0.2, -0.15) is 5.26 Å². The Labute approximate surface area is 144 Å². The highest BCUT2D eigenvalue weighted by Gasteiger charge is 2.40. The van der Waals surface area contributed by atoms with Gasteiger partial charge in [-0.1, -0.05) is 17.3 Å². The molecule has 1 aromatic carbocycles.